The molecule has 1 unspecified atom stereocenters. The molecule has 0 spiro atoms. The monoisotopic (exact) mass is 385 g/mol. The summed E-state index contributed by atoms with van der Waals surface area (Å²) in [6.45, 7) is 1.11. The van der Waals surface area contributed by atoms with Crippen LogP contribution in [0, 0.1) is 0 Å². The molecule has 2 aromatic heterocycles. The van der Waals surface area contributed by atoms with Gasteiger partial charge in [-0.15, -0.1) is 0 Å². The first-order valence-electron chi connectivity index (χ1n) is 10.1. The fourth-order valence-corrected chi connectivity index (χ4v) is 4.30. The molecule has 8 heteroatoms. The minimum atomic E-state index is -0.242. The highest BCUT2D eigenvalue weighted by Gasteiger charge is 2.35. The quantitative estimate of drug-likeness (QED) is 0.816. The lowest BCUT2D eigenvalue weighted by Crippen LogP contribution is -2.36. The summed E-state index contributed by atoms with van der Waals surface area (Å²) in [6.07, 6.45) is 10.4. The van der Waals surface area contributed by atoms with E-state index < -0.39 is 0 Å². The zero-order chi connectivity index (χ0) is 19.3. The van der Waals surface area contributed by atoms with Gasteiger partial charge in [-0.2, -0.15) is 4.98 Å². The maximum atomic E-state index is 11.6. The van der Waals surface area contributed by atoms with E-state index in [1.807, 2.05) is 6.07 Å². The standard InChI is InChI=1S/C20H27N5O3/c1-27-13-18(26)22-17-10-9-14(12-21-17)19-23-20(28-24-19)16-8-5-11-25(16)15-6-3-2-4-7-15/h9-10,12,15-16H,2-8,11,13H2,1H3,(H,21,22,26). The van der Waals surface area contributed by atoms with E-state index in [0.717, 1.165) is 18.5 Å². The van der Waals surface area contributed by atoms with Crippen molar-refractivity contribution in [2.75, 3.05) is 25.6 Å². The van der Waals surface area contributed by atoms with Gasteiger partial charge < -0.3 is 14.6 Å². The van der Waals surface area contributed by atoms with Gasteiger partial charge in [-0.1, -0.05) is 24.4 Å². The SMILES string of the molecule is COCC(=O)Nc1ccc(-c2noc(C3CCCN3C3CCCCC3)n2)cn1. The molecule has 0 bridgehead atoms. The van der Waals surface area contributed by atoms with Crippen LogP contribution in [-0.4, -0.2) is 52.2 Å². The number of nitrogens with one attached hydrogen (secondary N) is 1. The molecule has 2 aromatic rings. The summed E-state index contributed by atoms with van der Waals surface area (Å²) in [5, 5.41) is 6.84. The number of pyridine rings is 1. The van der Waals surface area contributed by atoms with Gasteiger partial charge in [0.2, 0.25) is 11.7 Å². The van der Waals surface area contributed by atoms with Crippen LogP contribution >= 0.6 is 0 Å². The van der Waals surface area contributed by atoms with Crippen LogP contribution in [0.4, 0.5) is 5.82 Å². The zero-order valence-corrected chi connectivity index (χ0v) is 16.3. The van der Waals surface area contributed by atoms with Gasteiger partial charge in [0, 0.05) is 24.9 Å². The maximum absolute atomic E-state index is 11.6. The molecule has 1 amide bonds. The molecule has 2 fully saturated rings. The first-order chi connectivity index (χ1) is 13.7. The number of aromatic nitrogens is 3. The molecule has 1 saturated heterocycles. The minimum absolute atomic E-state index is 0.00346. The van der Waals surface area contributed by atoms with Crippen molar-refractivity contribution < 1.29 is 14.1 Å². The number of ether oxygens (including phenoxy) is 1. The molecule has 3 heterocycles. The second kappa shape index (κ2) is 8.79. The zero-order valence-electron chi connectivity index (χ0n) is 16.3. The van der Waals surface area contributed by atoms with Crippen molar-refractivity contribution in [3.05, 3.63) is 24.2 Å². The van der Waals surface area contributed by atoms with Gasteiger partial charge in [-0.3, -0.25) is 9.69 Å². The van der Waals surface area contributed by atoms with Crippen molar-refractivity contribution in [1.82, 2.24) is 20.0 Å². The summed E-state index contributed by atoms with van der Waals surface area (Å²) < 4.78 is 10.4. The topological polar surface area (TPSA) is 93.4 Å². The Bertz CT molecular complexity index is 785. The van der Waals surface area contributed by atoms with Crippen molar-refractivity contribution in [2.24, 2.45) is 0 Å². The van der Waals surface area contributed by atoms with Crippen LogP contribution in [-0.2, 0) is 9.53 Å². The van der Waals surface area contributed by atoms with E-state index in [-0.39, 0.29) is 18.6 Å². The third-order valence-electron chi connectivity index (χ3n) is 5.63. The van der Waals surface area contributed by atoms with Crippen LogP contribution in [0.5, 0.6) is 0 Å². The van der Waals surface area contributed by atoms with E-state index in [9.17, 15) is 4.79 Å². The molecule has 8 nitrogen and oxygen atoms in total. The Morgan fingerprint density at radius 3 is 2.86 bits per heavy atom. The van der Waals surface area contributed by atoms with E-state index in [0.29, 0.717) is 23.6 Å². The van der Waals surface area contributed by atoms with E-state index >= 15 is 0 Å². The third-order valence-corrected chi connectivity index (χ3v) is 5.63. The number of carbonyl (C=O) groups excluding carboxylic acids is 1. The van der Waals surface area contributed by atoms with Crippen molar-refractivity contribution in [3.63, 3.8) is 0 Å². The number of likely N-dealkylation sites (tertiary alicyclic amines) is 1. The Balaban J connectivity index is 1.44. The fourth-order valence-electron chi connectivity index (χ4n) is 4.30. The molecule has 0 radical (unpaired) electrons. The summed E-state index contributed by atoms with van der Waals surface area (Å²) >= 11 is 0. The number of rotatable bonds is 6. The second-order valence-electron chi connectivity index (χ2n) is 7.56. The lowest BCUT2D eigenvalue weighted by Gasteiger charge is -2.34. The fraction of sp³-hybridized carbons (Fsp3) is 0.600. The number of nitrogens with zero attached hydrogens (tertiary/aromatic N) is 4. The largest absolute Gasteiger partial charge is 0.375 e. The molecule has 28 heavy (non-hydrogen) atoms. The summed E-state index contributed by atoms with van der Waals surface area (Å²) in [7, 11) is 1.48. The van der Waals surface area contributed by atoms with Crippen LogP contribution in [0.1, 0.15) is 56.9 Å². The normalized spacial score (nSPS) is 21.1. The highest BCUT2D eigenvalue weighted by molar-refractivity contribution is 5.90. The second-order valence-corrected chi connectivity index (χ2v) is 7.56. The lowest BCUT2D eigenvalue weighted by atomic mass is 9.94. The predicted octanol–water partition coefficient (Wildman–Crippen LogP) is 3.19. The van der Waals surface area contributed by atoms with Crippen LogP contribution in [0.25, 0.3) is 11.4 Å². The first kappa shape index (κ1) is 19.0. The van der Waals surface area contributed by atoms with Gasteiger partial charge >= 0.3 is 0 Å². The molecule has 0 aromatic carbocycles. The number of carbonyl (C=O) groups is 1. The molecule has 1 aliphatic heterocycles. The van der Waals surface area contributed by atoms with E-state index in [1.165, 1.54) is 45.6 Å². The molecular weight excluding hydrogens is 358 g/mol. The van der Waals surface area contributed by atoms with Crippen molar-refractivity contribution in [3.8, 4) is 11.4 Å². The van der Waals surface area contributed by atoms with Crippen LogP contribution in [0.15, 0.2) is 22.9 Å². The van der Waals surface area contributed by atoms with Crippen LogP contribution in [0.3, 0.4) is 0 Å². The first-order valence-corrected chi connectivity index (χ1v) is 10.1. The average Bonchev–Trinajstić information content (AvgIpc) is 3.39. The van der Waals surface area contributed by atoms with Gasteiger partial charge in [0.05, 0.1) is 6.04 Å². The summed E-state index contributed by atoms with van der Waals surface area (Å²) in [5.41, 5.74) is 0.766. The molecule has 1 N–H and O–H groups in total. The molecular formula is C20H27N5O3. The number of anilines is 1. The average molecular weight is 385 g/mol. The van der Waals surface area contributed by atoms with E-state index in [1.54, 1.807) is 12.3 Å². The number of amides is 1. The van der Waals surface area contributed by atoms with Crippen molar-refractivity contribution >= 4 is 11.7 Å². The minimum Gasteiger partial charge on any atom is -0.375 e. The maximum Gasteiger partial charge on any atom is 0.251 e. The van der Waals surface area contributed by atoms with Crippen LogP contribution in [0.2, 0.25) is 0 Å². The Morgan fingerprint density at radius 1 is 1.25 bits per heavy atom. The summed E-state index contributed by atoms with van der Waals surface area (Å²) in [6, 6.07) is 4.43. The number of methoxy groups -OCH3 is 1. The van der Waals surface area contributed by atoms with Gasteiger partial charge in [0.1, 0.15) is 12.4 Å². The Morgan fingerprint density at radius 2 is 2.11 bits per heavy atom. The molecule has 1 atom stereocenters. The Kier molecular flexibility index (Phi) is 5.97. The molecule has 150 valence electrons. The summed E-state index contributed by atoms with van der Waals surface area (Å²) in [4.78, 5) is 23.0. The van der Waals surface area contributed by atoms with Gasteiger partial charge in [0.15, 0.2) is 0 Å². The van der Waals surface area contributed by atoms with Gasteiger partial charge in [-0.25, -0.2) is 4.98 Å². The van der Waals surface area contributed by atoms with E-state index in [2.05, 4.69) is 25.3 Å². The molecule has 2 aliphatic rings. The third kappa shape index (κ3) is 4.23. The van der Waals surface area contributed by atoms with Crippen molar-refractivity contribution in [1.29, 1.82) is 0 Å². The highest BCUT2D eigenvalue weighted by Crippen LogP contribution is 2.37. The Hall–Kier alpha value is -2.32. The lowest BCUT2D eigenvalue weighted by molar-refractivity contribution is -0.119. The smallest absolute Gasteiger partial charge is 0.251 e. The van der Waals surface area contributed by atoms with Gasteiger partial charge in [0.25, 0.3) is 5.91 Å². The van der Waals surface area contributed by atoms with Crippen molar-refractivity contribution in [2.45, 2.75) is 57.0 Å². The predicted molar refractivity (Wildman–Crippen MR) is 104 cm³/mol. The van der Waals surface area contributed by atoms with E-state index in [4.69, 9.17) is 9.26 Å². The molecule has 1 aliphatic carbocycles. The van der Waals surface area contributed by atoms with Gasteiger partial charge in [-0.05, 0) is 44.4 Å². The highest BCUT2D eigenvalue weighted by atomic mass is 16.5. The van der Waals surface area contributed by atoms with Crippen LogP contribution < -0.4 is 5.32 Å². The number of hydrogen-bond donors (Lipinski definition) is 1. The molecule has 4 rings (SSSR count). The molecule has 1 saturated carbocycles. The Labute approximate surface area is 164 Å². The summed E-state index contributed by atoms with van der Waals surface area (Å²) in [5.74, 6) is 1.46. The number of hydrogen-bond acceptors (Lipinski definition) is 7.